The molecule has 26 heavy (non-hydrogen) atoms. The van der Waals surface area contributed by atoms with E-state index in [-0.39, 0.29) is 18.5 Å². The van der Waals surface area contributed by atoms with E-state index >= 15 is 0 Å². The van der Waals surface area contributed by atoms with Crippen LogP contribution in [0.3, 0.4) is 0 Å². The number of furan rings is 1. The number of nitrogens with zero attached hydrogens (tertiary/aromatic N) is 1. The van der Waals surface area contributed by atoms with Crippen LogP contribution in [0.2, 0.25) is 0 Å². The molecule has 2 aromatic rings. The number of Topliss-reactive ketones (excluding diaryl/α,β-unsaturated/α-hetero) is 1. The van der Waals surface area contributed by atoms with Crippen molar-refractivity contribution in [2.75, 3.05) is 13.2 Å². The summed E-state index contributed by atoms with van der Waals surface area (Å²) in [5, 5.41) is 0. The van der Waals surface area contributed by atoms with Crippen molar-refractivity contribution in [1.82, 2.24) is 4.57 Å². The van der Waals surface area contributed by atoms with Crippen molar-refractivity contribution in [3.8, 4) is 0 Å². The van der Waals surface area contributed by atoms with Crippen LogP contribution in [0, 0.1) is 13.8 Å². The van der Waals surface area contributed by atoms with Gasteiger partial charge in [0.15, 0.2) is 6.61 Å². The molecule has 1 aliphatic heterocycles. The quantitative estimate of drug-likeness (QED) is 0.432. The molecule has 6 nitrogen and oxygen atoms in total. The number of carbonyl (C=O) groups is 2. The fourth-order valence-corrected chi connectivity index (χ4v) is 3.16. The van der Waals surface area contributed by atoms with E-state index in [0.29, 0.717) is 11.3 Å². The molecule has 2 aromatic heterocycles. The molecule has 0 amide bonds. The Morgan fingerprint density at radius 1 is 1.38 bits per heavy atom. The van der Waals surface area contributed by atoms with Crippen LogP contribution in [0.5, 0.6) is 0 Å². The van der Waals surface area contributed by atoms with Gasteiger partial charge in [0.25, 0.3) is 0 Å². The monoisotopic (exact) mass is 357 g/mol. The minimum absolute atomic E-state index is 0.201. The zero-order chi connectivity index (χ0) is 18.5. The lowest BCUT2D eigenvalue weighted by molar-refractivity contribution is -0.136. The third kappa shape index (κ3) is 4.32. The lowest BCUT2D eigenvalue weighted by Gasteiger charge is -2.14. The van der Waals surface area contributed by atoms with Gasteiger partial charge in [-0.3, -0.25) is 4.79 Å². The molecule has 138 valence electrons. The third-order valence-electron chi connectivity index (χ3n) is 4.56. The Bertz CT molecular complexity index is 795. The first-order valence-corrected chi connectivity index (χ1v) is 8.74. The van der Waals surface area contributed by atoms with Gasteiger partial charge in [-0.2, -0.15) is 0 Å². The number of ether oxygens (including phenoxy) is 2. The van der Waals surface area contributed by atoms with Crippen molar-refractivity contribution >= 4 is 17.8 Å². The van der Waals surface area contributed by atoms with Crippen LogP contribution in [0.4, 0.5) is 0 Å². The number of esters is 1. The van der Waals surface area contributed by atoms with Crippen LogP contribution in [-0.4, -0.2) is 35.6 Å². The number of hydrogen-bond acceptors (Lipinski definition) is 5. The Morgan fingerprint density at radius 2 is 2.23 bits per heavy atom. The molecular formula is C20H23NO5. The van der Waals surface area contributed by atoms with Gasteiger partial charge in [0.05, 0.1) is 12.4 Å². The van der Waals surface area contributed by atoms with Crippen LogP contribution in [-0.2, 0) is 20.8 Å². The van der Waals surface area contributed by atoms with Crippen LogP contribution in [0.15, 0.2) is 35.0 Å². The average Bonchev–Trinajstić information content (AvgIpc) is 3.37. The molecule has 0 aliphatic carbocycles. The molecule has 1 fully saturated rings. The Balaban J connectivity index is 1.58. The summed E-state index contributed by atoms with van der Waals surface area (Å²) < 4.78 is 17.9. The maximum atomic E-state index is 12.4. The summed E-state index contributed by atoms with van der Waals surface area (Å²) in [5.74, 6) is -0.245. The number of aryl methyl sites for hydroxylation is 1. The maximum Gasteiger partial charge on any atom is 0.331 e. The van der Waals surface area contributed by atoms with Crippen molar-refractivity contribution in [1.29, 1.82) is 0 Å². The third-order valence-corrected chi connectivity index (χ3v) is 4.56. The van der Waals surface area contributed by atoms with Crippen LogP contribution >= 0.6 is 0 Å². The SMILES string of the molecule is Cc1cc(C(=O)COC(=O)C=Cc2ccco2)c(C)n1CC1CCCO1. The second-order valence-electron chi connectivity index (χ2n) is 6.41. The van der Waals surface area contributed by atoms with Crippen molar-refractivity contribution in [3.05, 3.63) is 53.2 Å². The van der Waals surface area contributed by atoms with E-state index in [1.54, 1.807) is 12.1 Å². The Kier molecular flexibility index (Phi) is 5.73. The van der Waals surface area contributed by atoms with E-state index in [2.05, 4.69) is 4.57 Å². The van der Waals surface area contributed by atoms with Crippen LogP contribution in [0.25, 0.3) is 6.08 Å². The standard InChI is InChI=1S/C20H23NO5/c1-14-11-18(15(2)21(14)12-17-6-4-10-25-17)19(22)13-26-20(23)8-7-16-5-3-9-24-16/h3,5,7-9,11,17H,4,6,10,12-13H2,1-2H3. The topological polar surface area (TPSA) is 70.7 Å². The minimum Gasteiger partial charge on any atom is -0.465 e. The first-order chi connectivity index (χ1) is 12.5. The van der Waals surface area contributed by atoms with Gasteiger partial charge in [0, 0.05) is 36.2 Å². The number of hydrogen-bond donors (Lipinski definition) is 0. The van der Waals surface area contributed by atoms with Crippen LogP contribution in [0.1, 0.15) is 40.3 Å². The molecule has 1 unspecified atom stereocenters. The molecule has 0 N–H and O–H groups in total. The molecule has 3 heterocycles. The van der Waals surface area contributed by atoms with Gasteiger partial charge in [0.1, 0.15) is 5.76 Å². The summed E-state index contributed by atoms with van der Waals surface area (Å²) in [4.78, 5) is 24.2. The fourth-order valence-electron chi connectivity index (χ4n) is 3.16. The highest BCUT2D eigenvalue weighted by atomic mass is 16.5. The minimum atomic E-state index is -0.581. The van der Waals surface area contributed by atoms with Gasteiger partial charge < -0.3 is 18.5 Å². The summed E-state index contributed by atoms with van der Waals surface area (Å²) >= 11 is 0. The Hall–Kier alpha value is -2.60. The zero-order valence-electron chi connectivity index (χ0n) is 15.1. The predicted molar refractivity (Wildman–Crippen MR) is 95.9 cm³/mol. The molecule has 0 spiro atoms. The number of carbonyl (C=O) groups excluding carboxylic acids is 2. The largest absolute Gasteiger partial charge is 0.465 e. The van der Waals surface area contributed by atoms with E-state index in [1.165, 1.54) is 18.4 Å². The normalized spacial score (nSPS) is 17.1. The zero-order valence-corrected chi connectivity index (χ0v) is 15.1. The Labute approximate surface area is 152 Å². The van der Waals surface area contributed by atoms with Crippen molar-refractivity contribution in [2.45, 2.75) is 39.3 Å². The lowest BCUT2D eigenvalue weighted by Crippen LogP contribution is -2.18. The molecule has 6 heteroatoms. The van der Waals surface area contributed by atoms with Gasteiger partial charge in [-0.15, -0.1) is 0 Å². The van der Waals surface area contributed by atoms with Gasteiger partial charge in [-0.25, -0.2) is 4.79 Å². The van der Waals surface area contributed by atoms with Gasteiger partial charge in [0.2, 0.25) is 5.78 Å². The summed E-state index contributed by atoms with van der Waals surface area (Å²) in [7, 11) is 0. The van der Waals surface area contributed by atoms with E-state index in [9.17, 15) is 9.59 Å². The summed E-state index contributed by atoms with van der Waals surface area (Å²) in [6.07, 6.45) is 6.58. The second-order valence-corrected chi connectivity index (χ2v) is 6.41. The van der Waals surface area contributed by atoms with E-state index in [1.807, 2.05) is 19.9 Å². The second kappa shape index (κ2) is 8.19. The number of aromatic nitrogens is 1. The molecule has 0 aromatic carbocycles. The van der Waals surface area contributed by atoms with Crippen molar-refractivity contribution < 1.29 is 23.5 Å². The predicted octanol–water partition coefficient (Wildman–Crippen LogP) is 3.32. The van der Waals surface area contributed by atoms with E-state index in [0.717, 1.165) is 37.4 Å². The van der Waals surface area contributed by atoms with E-state index < -0.39 is 5.97 Å². The highest BCUT2D eigenvalue weighted by Crippen LogP contribution is 2.20. The average molecular weight is 357 g/mol. The first kappa shape index (κ1) is 18.2. The van der Waals surface area contributed by atoms with Gasteiger partial charge >= 0.3 is 5.97 Å². The summed E-state index contributed by atoms with van der Waals surface area (Å²) in [5.41, 5.74) is 2.47. The summed E-state index contributed by atoms with van der Waals surface area (Å²) in [6, 6.07) is 5.29. The molecule has 1 aliphatic rings. The number of ketones is 1. The first-order valence-electron chi connectivity index (χ1n) is 8.74. The number of rotatable bonds is 7. The molecule has 1 saturated heterocycles. The van der Waals surface area contributed by atoms with Gasteiger partial charge in [-0.05, 0) is 51.0 Å². The summed E-state index contributed by atoms with van der Waals surface area (Å²) in [6.45, 7) is 5.14. The van der Waals surface area contributed by atoms with Crippen molar-refractivity contribution in [3.63, 3.8) is 0 Å². The maximum absolute atomic E-state index is 12.4. The van der Waals surface area contributed by atoms with E-state index in [4.69, 9.17) is 13.9 Å². The highest BCUT2D eigenvalue weighted by Gasteiger charge is 2.21. The van der Waals surface area contributed by atoms with Crippen LogP contribution < -0.4 is 0 Å². The molecule has 1 atom stereocenters. The Morgan fingerprint density at radius 3 is 2.92 bits per heavy atom. The molecule has 0 bridgehead atoms. The fraction of sp³-hybridized carbons (Fsp3) is 0.400. The van der Waals surface area contributed by atoms with Gasteiger partial charge in [-0.1, -0.05) is 0 Å². The highest BCUT2D eigenvalue weighted by molar-refractivity contribution is 6.00. The smallest absolute Gasteiger partial charge is 0.331 e. The molecule has 0 saturated carbocycles. The van der Waals surface area contributed by atoms with Crippen molar-refractivity contribution in [2.24, 2.45) is 0 Å². The molecule has 0 radical (unpaired) electrons. The molecular weight excluding hydrogens is 334 g/mol. The lowest BCUT2D eigenvalue weighted by atomic mass is 10.1. The molecule has 3 rings (SSSR count).